The van der Waals surface area contributed by atoms with Crippen LogP contribution in [0, 0.1) is 0 Å². The Morgan fingerprint density at radius 2 is 1.95 bits per heavy atom. The van der Waals surface area contributed by atoms with Crippen molar-refractivity contribution < 1.29 is 0 Å². The Balaban J connectivity index is 1.72. The second kappa shape index (κ2) is 5.02. The normalized spacial score (nSPS) is 31.2. The van der Waals surface area contributed by atoms with Gasteiger partial charge in [-0.15, -0.1) is 10.2 Å². The fraction of sp³-hybridized carbons (Fsp3) is 0.800. The molecule has 2 aliphatic rings. The van der Waals surface area contributed by atoms with Gasteiger partial charge in [0.25, 0.3) is 0 Å². The monoisotopic (exact) mass is 305 g/mol. The van der Waals surface area contributed by atoms with Gasteiger partial charge in [0, 0.05) is 17.4 Å². The van der Waals surface area contributed by atoms with Crippen LogP contribution in [0.2, 0.25) is 0 Å². The Morgan fingerprint density at radius 1 is 1.14 bits per heavy atom. The fourth-order valence-corrected chi connectivity index (χ4v) is 5.02. The third kappa shape index (κ3) is 2.11. The molecule has 2 saturated carbocycles. The summed E-state index contributed by atoms with van der Waals surface area (Å²) >= 11 is 1.68. The summed E-state index contributed by atoms with van der Waals surface area (Å²) in [5.41, 5.74) is 6.36. The van der Waals surface area contributed by atoms with Crippen LogP contribution < -0.4 is 5.73 Å². The van der Waals surface area contributed by atoms with E-state index < -0.39 is 0 Å². The maximum atomic E-state index is 6.34. The average Bonchev–Trinajstić information content (AvgIpc) is 3.15. The standard InChI is InChI=1S/C15H23N5S/c1-15(9-5-8-11(15)16)13-19-20-12(17-18-14(20)21-13)10-6-3-2-4-7-10/h10-11H,2-9,16H2,1H3. The van der Waals surface area contributed by atoms with E-state index in [4.69, 9.17) is 10.8 Å². The molecule has 6 heteroatoms. The summed E-state index contributed by atoms with van der Waals surface area (Å²) in [6.45, 7) is 2.26. The molecular formula is C15H23N5S. The molecule has 2 heterocycles. The highest BCUT2D eigenvalue weighted by atomic mass is 32.1. The summed E-state index contributed by atoms with van der Waals surface area (Å²) in [6.07, 6.45) is 9.86. The number of aromatic nitrogens is 4. The average molecular weight is 305 g/mol. The molecule has 0 bridgehead atoms. The first-order valence-corrected chi connectivity index (χ1v) is 8.98. The van der Waals surface area contributed by atoms with Gasteiger partial charge in [0.05, 0.1) is 0 Å². The molecule has 0 aliphatic heterocycles. The van der Waals surface area contributed by atoms with Crippen molar-refractivity contribution in [2.45, 2.75) is 75.7 Å². The molecule has 114 valence electrons. The summed E-state index contributed by atoms with van der Waals surface area (Å²) in [6, 6.07) is 0.222. The molecular weight excluding hydrogens is 282 g/mol. The number of rotatable bonds is 2. The van der Waals surface area contributed by atoms with Crippen LogP contribution in [0.25, 0.3) is 4.96 Å². The van der Waals surface area contributed by atoms with Gasteiger partial charge in [-0.1, -0.05) is 43.9 Å². The zero-order chi connectivity index (χ0) is 14.4. The second-order valence-corrected chi connectivity index (χ2v) is 7.87. The van der Waals surface area contributed by atoms with Gasteiger partial charge in [0.1, 0.15) is 5.01 Å². The minimum atomic E-state index is 0.0230. The lowest BCUT2D eigenvalue weighted by Gasteiger charge is -2.25. The third-order valence-corrected chi connectivity index (χ3v) is 6.68. The van der Waals surface area contributed by atoms with Gasteiger partial charge in [0.15, 0.2) is 5.82 Å². The van der Waals surface area contributed by atoms with Crippen LogP contribution in [-0.4, -0.2) is 25.9 Å². The van der Waals surface area contributed by atoms with Crippen LogP contribution in [-0.2, 0) is 5.41 Å². The molecule has 2 aliphatic carbocycles. The van der Waals surface area contributed by atoms with E-state index in [1.54, 1.807) is 11.3 Å². The van der Waals surface area contributed by atoms with Crippen LogP contribution in [0.1, 0.15) is 75.0 Å². The summed E-state index contributed by atoms with van der Waals surface area (Å²) < 4.78 is 2.01. The van der Waals surface area contributed by atoms with Gasteiger partial charge in [0.2, 0.25) is 4.96 Å². The molecule has 2 fully saturated rings. The largest absolute Gasteiger partial charge is 0.327 e. The smallest absolute Gasteiger partial charge is 0.234 e. The predicted molar refractivity (Wildman–Crippen MR) is 83.7 cm³/mol. The lowest BCUT2D eigenvalue weighted by Crippen LogP contribution is -2.38. The second-order valence-electron chi connectivity index (χ2n) is 6.91. The Kier molecular flexibility index (Phi) is 3.26. The van der Waals surface area contributed by atoms with Gasteiger partial charge in [-0.2, -0.15) is 9.61 Å². The van der Waals surface area contributed by atoms with Crippen molar-refractivity contribution in [1.82, 2.24) is 19.8 Å². The summed E-state index contributed by atoms with van der Waals surface area (Å²) in [5.74, 6) is 1.61. The van der Waals surface area contributed by atoms with E-state index in [0.717, 1.165) is 28.6 Å². The van der Waals surface area contributed by atoms with E-state index in [2.05, 4.69) is 17.1 Å². The predicted octanol–water partition coefficient (Wildman–Crippen LogP) is 3.00. The molecule has 2 N–H and O–H groups in total. The molecule has 0 amide bonds. The van der Waals surface area contributed by atoms with E-state index in [0.29, 0.717) is 5.92 Å². The molecule has 2 aromatic rings. The molecule has 2 aromatic heterocycles. The first-order valence-electron chi connectivity index (χ1n) is 8.17. The first-order chi connectivity index (χ1) is 10.2. The molecule has 5 nitrogen and oxygen atoms in total. The zero-order valence-corrected chi connectivity index (χ0v) is 13.4. The Labute approximate surface area is 128 Å². The number of hydrogen-bond acceptors (Lipinski definition) is 5. The van der Waals surface area contributed by atoms with E-state index in [-0.39, 0.29) is 11.5 Å². The summed E-state index contributed by atoms with van der Waals surface area (Å²) in [4.78, 5) is 0.936. The first kappa shape index (κ1) is 13.6. The van der Waals surface area contributed by atoms with Crippen molar-refractivity contribution in [3.8, 4) is 0 Å². The van der Waals surface area contributed by atoms with Crippen molar-refractivity contribution in [2.24, 2.45) is 5.73 Å². The molecule has 4 rings (SSSR count). The summed E-state index contributed by atoms with van der Waals surface area (Å²) in [7, 11) is 0. The van der Waals surface area contributed by atoms with Crippen molar-refractivity contribution in [2.75, 3.05) is 0 Å². The van der Waals surface area contributed by atoms with Gasteiger partial charge in [-0.25, -0.2) is 0 Å². The maximum absolute atomic E-state index is 6.34. The van der Waals surface area contributed by atoms with Crippen molar-refractivity contribution >= 4 is 16.3 Å². The van der Waals surface area contributed by atoms with Crippen molar-refractivity contribution in [3.05, 3.63) is 10.8 Å². The van der Waals surface area contributed by atoms with Gasteiger partial charge in [-0.3, -0.25) is 0 Å². The van der Waals surface area contributed by atoms with E-state index in [9.17, 15) is 0 Å². The van der Waals surface area contributed by atoms with Gasteiger partial charge >= 0.3 is 0 Å². The van der Waals surface area contributed by atoms with Crippen molar-refractivity contribution in [1.29, 1.82) is 0 Å². The highest BCUT2D eigenvalue weighted by Gasteiger charge is 2.41. The Bertz CT molecular complexity index is 642. The molecule has 2 unspecified atom stereocenters. The SMILES string of the molecule is CC1(c2nn3c(C4CCCCC4)nnc3s2)CCCC1N. The number of fused-ring (bicyclic) bond motifs is 1. The van der Waals surface area contributed by atoms with E-state index in [1.807, 2.05) is 4.52 Å². The Morgan fingerprint density at radius 3 is 2.67 bits per heavy atom. The molecule has 0 aromatic carbocycles. The lowest BCUT2D eigenvalue weighted by molar-refractivity contribution is 0.410. The number of hydrogen-bond donors (Lipinski definition) is 1. The van der Waals surface area contributed by atoms with Crippen LogP contribution in [0.15, 0.2) is 0 Å². The number of nitrogens with two attached hydrogens (primary N) is 1. The molecule has 21 heavy (non-hydrogen) atoms. The van der Waals surface area contributed by atoms with Gasteiger partial charge in [-0.05, 0) is 25.7 Å². The lowest BCUT2D eigenvalue weighted by atomic mass is 9.86. The minimum absolute atomic E-state index is 0.0230. The molecule has 0 saturated heterocycles. The van der Waals surface area contributed by atoms with Crippen LogP contribution >= 0.6 is 11.3 Å². The third-order valence-electron chi connectivity index (χ3n) is 5.50. The van der Waals surface area contributed by atoms with E-state index >= 15 is 0 Å². The van der Waals surface area contributed by atoms with E-state index in [1.165, 1.54) is 38.5 Å². The molecule has 2 atom stereocenters. The highest BCUT2D eigenvalue weighted by molar-refractivity contribution is 7.16. The van der Waals surface area contributed by atoms with Crippen LogP contribution in [0.5, 0.6) is 0 Å². The van der Waals surface area contributed by atoms with Crippen molar-refractivity contribution in [3.63, 3.8) is 0 Å². The highest BCUT2D eigenvalue weighted by Crippen LogP contribution is 2.42. The number of nitrogens with zero attached hydrogens (tertiary/aromatic N) is 4. The molecule has 0 radical (unpaired) electrons. The quantitative estimate of drug-likeness (QED) is 0.926. The van der Waals surface area contributed by atoms with Crippen LogP contribution in [0.3, 0.4) is 0 Å². The Hall–Kier alpha value is -1.01. The fourth-order valence-electron chi connectivity index (χ4n) is 3.94. The minimum Gasteiger partial charge on any atom is -0.327 e. The summed E-state index contributed by atoms with van der Waals surface area (Å²) in [5, 5.41) is 14.8. The topological polar surface area (TPSA) is 69.1 Å². The maximum Gasteiger partial charge on any atom is 0.234 e. The zero-order valence-electron chi connectivity index (χ0n) is 12.6. The molecule has 0 spiro atoms. The van der Waals surface area contributed by atoms with Crippen LogP contribution in [0.4, 0.5) is 0 Å². The van der Waals surface area contributed by atoms with Gasteiger partial charge < -0.3 is 5.73 Å².